The van der Waals surface area contributed by atoms with Crippen LogP contribution in [0.1, 0.15) is 34.8 Å². The van der Waals surface area contributed by atoms with Gasteiger partial charge in [-0.2, -0.15) is 0 Å². The average molecular weight is 172 g/mol. The van der Waals surface area contributed by atoms with Crippen molar-refractivity contribution in [2.75, 3.05) is 0 Å². The predicted molar refractivity (Wildman–Crippen MR) is 53.8 cm³/mol. The summed E-state index contributed by atoms with van der Waals surface area (Å²) >= 11 is 0. The number of benzene rings is 1. The van der Waals surface area contributed by atoms with Crippen molar-refractivity contribution in [3.63, 3.8) is 0 Å². The summed E-state index contributed by atoms with van der Waals surface area (Å²) in [4.78, 5) is 10.5. The average Bonchev–Trinajstić information content (AvgIpc) is 2.17. The zero-order valence-electron chi connectivity index (χ0n) is 7.71. The van der Waals surface area contributed by atoms with Gasteiger partial charge in [0.25, 0.3) is 0 Å². The minimum atomic E-state index is 0.784. The molecule has 1 aliphatic carbocycles. The molecule has 0 unspecified atom stereocenters. The van der Waals surface area contributed by atoms with Gasteiger partial charge in [-0.3, -0.25) is 4.79 Å². The van der Waals surface area contributed by atoms with E-state index >= 15 is 0 Å². The highest BCUT2D eigenvalue weighted by Gasteiger charge is 2.07. The van der Waals surface area contributed by atoms with Crippen molar-refractivity contribution in [1.82, 2.24) is 0 Å². The minimum absolute atomic E-state index is 0.784. The maximum Gasteiger partial charge on any atom is 0.150 e. The van der Waals surface area contributed by atoms with Crippen LogP contribution in [0.2, 0.25) is 0 Å². The Morgan fingerprint density at radius 3 is 2.92 bits per heavy atom. The molecule has 0 bridgehead atoms. The molecule has 0 amide bonds. The summed E-state index contributed by atoms with van der Waals surface area (Å²) in [6, 6.07) is 5.90. The lowest BCUT2D eigenvalue weighted by Crippen LogP contribution is -1.98. The van der Waals surface area contributed by atoms with Crippen molar-refractivity contribution in [2.24, 2.45) is 0 Å². The Balaban J connectivity index is 2.49. The van der Waals surface area contributed by atoms with Crippen LogP contribution in [0.3, 0.4) is 0 Å². The number of aldehydes is 1. The highest BCUT2D eigenvalue weighted by molar-refractivity contribution is 5.76. The van der Waals surface area contributed by atoms with E-state index in [0.29, 0.717) is 0 Å². The van der Waals surface area contributed by atoms with Crippen LogP contribution >= 0.6 is 0 Å². The van der Waals surface area contributed by atoms with E-state index in [0.717, 1.165) is 24.7 Å². The number of aryl methyl sites for hydroxylation is 1. The Hall–Kier alpha value is -1.37. The van der Waals surface area contributed by atoms with E-state index in [1.54, 1.807) is 0 Å². The van der Waals surface area contributed by atoms with Crippen molar-refractivity contribution in [3.05, 3.63) is 40.5 Å². The second-order valence-corrected chi connectivity index (χ2v) is 3.57. The molecule has 0 spiro atoms. The Kier molecular flexibility index (Phi) is 2.01. The third-order valence-corrected chi connectivity index (χ3v) is 2.49. The topological polar surface area (TPSA) is 17.1 Å². The molecule has 13 heavy (non-hydrogen) atoms. The standard InChI is InChI=1S/C12H12O/c1-9-2-4-12-7-10(8-13)3-5-11(12)6-9/h3,5-8H,2,4H2,1H3. The fourth-order valence-corrected chi connectivity index (χ4v) is 1.73. The summed E-state index contributed by atoms with van der Waals surface area (Å²) in [6.45, 7) is 2.15. The molecule has 0 atom stereocenters. The molecule has 1 aromatic carbocycles. The molecule has 1 aromatic rings. The molecular weight excluding hydrogens is 160 g/mol. The second kappa shape index (κ2) is 3.17. The number of carbonyl (C=O) groups excluding carboxylic acids is 1. The molecule has 1 heteroatoms. The van der Waals surface area contributed by atoms with E-state index in [4.69, 9.17) is 0 Å². The molecule has 0 fully saturated rings. The zero-order valence-corrected chi connectivity index (χ0v) is 7.71. The number of hydrogen-bond acceptors (Lipinski definition) is 1. The van der Waals surface area contributed by atoms with Crippen LogP contribution in [0, 0.1) is 0 Å². The van der Waals surface area contributed by atoms with Gasteiger partial charge in [0.2, 0.25) is 0 Å². The normalized spacial score (nSPS) is 14.7. The van der Waals surface area contributed by atoms with E-state index in [9.17, 15) is 4.79 Å². The van der Waals surface area contributed by atoms with Gasteiger partial charge in [-0.05, 0) is 37.0 Å². The van der Waals surface area contributed by atoms with E-state index in [2.05, 4.69) is 13.0 Å². The Labute approximate surface area is 78.1 Å². The third kappa shape index (κ3) is 1.55. The van der Waals surface area contributed by atoms with Crippen LogP contribution < -0.4 is 0 Å². The van der Waals surface area contributed by atoms with E-state index in [-0.39, 0.29) is 0 Å². The molecule has 0 radical (unpaired) electrons. The monoisotopic (exact) mass is 172 g/mol. The summed E-state index contributed by atoms with van der Waals surface area (Å²) in [6.07, 6.45) is 5.30. The van der Waals surface area contributed by atoms with Gasteiger partial charge in [-0.25, -0.2) is 0 Å². The molecular formula is C12H12O. The summed E-state index contributed by atoms with van der Waals surface area (Å²) in [5, 5.41) is 0. The van der Waals surface area contributed by atoms with Crippen LogP contribution in [0.25, 0.3) is 6.08 Å². The fourth-order valence-electron chi connectivity index (χ4n) is 1.73. The van der Waals surface area contributed by atoms with Crippen LogP contribution in [-0.4, -0.2) is 6.29 Å². The predicted octanol–water partition coefficient (Wildman–Crippen LogP) is 2.85. The van der Waals surface area contributed by atoms with E-state index in [1.807, 2.05) is 18.2 Å². The molecule has 2 rings (SSSR count). The van der Waals surface area contributed by atoms with Crippen molar-refractivity contribution in [1.29, 1.82) is 0 Å². The highest BCUT2D eigenvalue weighted by atomic mass is 16.1. The van der Waals surface area contributed by atoms with Gasteiger partial charge in [0.15, 0.2) is 0 Å². The van der Waals surface area contributed by atoms with Gasteiger partial charge in [-0.15, -0.1) is 0 Å². The largest absolute Gasteiger partial charge is 0.298 e. The van der Waals surface area contributed by atoms with Gasteiger partial charge >= 0.3 is 0 Å². The first-order valence-corrected chi connectivity index (χ1v) is 4.55. The summed E-state index contributed by atoms with van der Waals surface area (Å²) < 4.78 is 0. The van der Waals surface area contributed by atoms with Crippen LogP contribution in [0.5, 0.6) is 0 Å². The zero-order chi connectivity index (χ0) is 9.26. The summed E-state index contributed by atoms with van der Waals surface area (Å²) in [5.74, 6) is 0. The Morgan fingerprint density at radius 1 is 1.31 bits per heavy atom. The molecule has 0 N–H and O–H groups in total. The number of allylic oxidation sites excluding steroid dienone is 1. The maximum absolute atomic E-state index is 10.5. The lowest BCUT2D eigenvalue weighted by atomic mass is 9.92. The van der Waals surface area contributed by atoms with Gasteiger partial charge in [-0.1, -0.05) is 23.8 Å². The van der Waals surface area contributed by atoms with Crippen molar-refractivity contribution >= 4 is 12.4 Å². The van der Waals surface area contributed by atoms with Crippen LogP contribution in [0.4, 0.5) is 0 Å². The second-order valence-electron chi connectivity index (χ2n) is 3.57. The highest BCUT2D eigenvalue weighted by Crippen LogP contribution is 2.23. The van der Waals surface area contributed by atoms with Gasteiger partial charge in [0, 0.05) is 5.56 Å². The van der Waals surface area contributed by atoms with Crippen LogP contribution in [0.15, 0.2) is 23.8 Å². The molecule has 1 nitrogen and oxygen atoms in total. The first kappa shape index (κ1) is 8.24. The number of fused-ring (bicyclic) bond motifs is 1. The summed E-state index contributed by atoms with van der Waals surface area (Å²) in [5.41, 5.74) is 4.78. The SMILES string of the molecule is CC1=Cc2ccc(C=O)cc2CC1. The molecule has 0 saturated carbocycles. The molecule has 66 valence electrons. The Bertz CT molecular complexity index is 375. The number of carbonyl (C=O) groups is 1. The first-order chi connectivity index (χ1) is 6.29. The van der Waals surface area contributed by atoms with Crippen molar-refractivity contribution < 1.29 is 4.79 Å². The van der Waals surface area contributed by atoms with Gasteiger partial charge in [0.1, 0.15) is 6.29 Å². The van der Waals surface area contributed by atoms with Crippen LogP contribution in [-0.2, 0) is 6.42 Å². The van der Waals surface area contributed by atoms with Gasteiger partial charge in [0.05, 0.1) is 0 Å². The fraction of sp³-hybridized carbons (Fsp3) is 0.250. The molecule has 0 heterocycles. The molecule has 0 aromatic heterocycles. The number of hydrogen-bond donors (Lipinski definition) is 0. The third-order valence-electron chi connectivity index (χ3n) is 2.49. The lowest BCUT2D eigenvalue weighted by Gasteiger charge is -2.13. The molecule has 1 aliphatic rings. The Morgan fingerprint density at radius 2 is 2.15 bits per heavy atom. The van der Waals surface area contributed by atoms with Crippen molar-refractivity contribution in [2.45, 2.75) is 19.8 Å². The maximum atomic E-state index is 10.5. The smallest absolute Gasteiger partial charge is 0.150 e. The molecule has 0 saturated heterocycles. The lowest BCUT2D eigenvalue weighted by molar-refractivity contribution is 0.112. The number of rotatable bonds is 1. The quantitative estimate of drug-likeness (QED) is 0.595. The van der Waals surface area contributed by atoms with Crippen molar-refractivity contribution in [3.8, 4) is 0 Å². The van der Waals surface area contributed by atoms with E-state index < -0.39 is 0 Å². The molecule has 0 aliphatic heterocycles. The first-order valence-electron chi connectivity index (χ1n) is 4.55. The van der Waals surface area contributed by atoms with Gasteiger partial charge < -0.3 is 0 Å². The minimum Gasteiger partial charge on any atom is -0.298 e. The van der Waals surface area contributed by atoms with E-state index in [1.165, 1.54) is 16.7 Å². The summed E-state index contributed by atoms with van der Waals surface area (Å²) in [7, 11) is 0.